The molecule has 116 valence electrons. The maximum Gasteiger partial charge on any atom is 0.414 e. The summed E-state index contributed by atoms with van der Waals surface area (Å²) < 4.78 is 18.0. The van der Waals surface area contributed by atoms with Crippen LogP contribution in [0.4, 0.5) is 9.18 Å². The zero-order valence-corrected chi connectivity index (χ0v) is 13.2. The van der Waals surface area contributed by atoms with Crippen LogP contribution in [0.3, 0.4) is 0 Å². The van der Waals surface area contributed by atoms with Crippen molar-refractivity contribution in [1.29, 1.82) is 5.41 Å². The van der Waals surface area contributed by atoms with Crippen LogP contribution in [0, 0.1) is 5.41 Å². The van der Waals surface area contributed by atoms with E-state index in [0.29, 0.717) is 5.03 Å². The first-order chi connectivity index (χ1) is 9.96. The molecule has 1 amide bonds. The van der Waals surface area contributed by atoms with Crippen LogP contribution in [0.25, 0.3) is 0 Å². The van der Waals surface area contributed by atoms with Crippen molar-refractivity contribution in [3.05, 3.63) is 35.7 Å². The van der Waals surface area contributed by atoms with Gasteiger partial charge in [-0.3, -0.25) is 15.3 Å². The summed E-state index contributed by atoms with van der Waals surface area (Å²) in [4.78, 5) is 16.5. The van der Waals surface area contributed by atoms with Crippen molar-refractivity contribution in [3.8, 4) is 0 Å². The molecule has 0 saturated carbocycles. The van der Waals surface area contributed by atoms with Crippen molar-refractivity contribution >= 4 is 29.1 Å². The highest BCUT2D eigenvalue weighted by atomic mass is 32.2. The smallest absolute Gasteiger partial charge is 0.414 e. The molecule has 0 saturated heterocycles. The van der Waals surface area contributed by atoms with E-state index in [4.69, 9.17) is 10.1 Å². The van der Waals surface area contributed by atoms with Crippen molar-refractivity contribution < 1.29 is 13.9 Å². The minimum absolute atomic E-state index is 0.118. The summed E-state index contributed by atoms with van der Waals surface area (Å²) in [6.45, 7) is 5.32. The Morgan fingerprint density at radius 2 is 2.24 bits per heavy atom. The average Bonchev–Trinajstić information content (AvgIpc) is 2.47. The van der Waals surface area contributed by atoms with Crippen LogP contribution in [-0.4, -0.2) is 43.0 Å². The Balaban J connectivity index is 4.56. The second kappa shape index (κ2) is 10.8. The molecule has 0 unspecified atom stereocenters. The summed E-state index contributed by atoms with van der Waals surface area (Å²) >= 11 is 1.06. The number of ether oxygens (including phenoxy) is 1. The lowest BCUT2D eigenvalue weighted by Gasteiger charge is -2.19. The van der Waals surface area contributed by atoms with E-state index in [1.807, 2.05) is 0 Å². The van der Waals surface area contributed by atoms with Crippen molar-refractivity contribution in [2.75, 3.05) is 20.7 Å². The van der Waals surface area contributed by atoms with E-state index in [1.54, 1.807) is 20.0 Å². The topological polar surface area (TPSA) is 65.8 Å². The standard InChI is InChI=1S/C14H20FN3O2S/c1-5-9-20-14(19)18(4)13(6-2)21-12(16)8-7-11(15)10-17-3/h5-7,10,16H,1,8-9H2,2-4H3/b11-7+,13-6+,16-12?,17-10?. The number of hydrogen-bond donors (Lipinski definition) is 1. The molecule has 7 heteroatoms. The van der Waals surface area contributed by atoms with E-state index < -0.39 is 11.9 Å². The van der Waals surface area contributed by atoms with E-state index in [9.17, 15) is 9.18 Å². The zero-order valence-electron chi connectivity index (χ0n) is 12.4. The van der Waals surface area contributed by atoms with E-state index in [-0.39, 0.29) is 18.1 Å². The SMILES string of the molecule is C=CCOC(=O)N(C)/C(=C\C)SC(=N)C/C=C(/F)C=NC. The predicted molar refractivity (Wildman–Crippen MR) is 86.6 cm³/mol. The highest BCUT2D eigenvalue weighted by Gasteiger charge is 2.15. The van der Waals surface area contributed by atoms with Gasteiger partial charge in [-0.1, -0.05) is 30.5 Å². The number of nitrogens with one attached hydrogen (secondary N) is 1. The number of halogens is 1. The van der Waals surface area contributed by atoms with Gasteiger partial charge in [0.2, 0.25) is 0 Å². The van der Waals surface area contributed by atoms with Crippen molar-refractivity contribution in [2.45, 2.75) is 13.3 Å². The summed E-state index contributed by atoms with van der Waals surface area (Å²) in [7, 11) is 3.01. The van der Waals surface area contributed by atoms with Gasteiger partial charge in [0.05, 0.1) is 16.3 Å². The maximum absolute atomic E-state index is 13.1. The largest absolute Gasteiger partial charge is 0.445 e. The van der Waals surface area contributed by atoms with Crippen molar-refractivity contribution in [3.63, 3.8) is 0 Å². The molecule has 0 aromatic rings. The number of carbonyl (C=O) groups excluding carboxylic acids is 1. The van der Waals surface area contributed by atoms with Gasteiger partial charge in [-0.05, 0) is 13.0 Å². The Hall–Kier alpha value is -1.89. The Morgan fingerprint density at radius 1 is 1.57 bits per heavy atom. The molecule has 0 heterocycles. The van der Waals surface area contributed by atoms with Crippen LogP contribution in [0.1, 0.15) is 13.3 Å². The lowest BCUT2D eigenvalue weighted by Crippen LogP contribution is -2.26. The van der Waals surface area contributed by atoms with Gasteiger partial charge in [0.25, 0.3) is 0 Å². The van der Waals surface area contributed by atoms with Crippen LogP contribution in [0.2, 0.25) is 0 Å². The van der Waals surface area contributed by atoms with Gasteiger partial charge in [0.1, 0.15) is 12.4 Å². The molecule has 0 bridgehead atoms. The van der Waals surface area contributed by atoms with Gasteiger partial charge < -0.3 is 4.74 Å². The molecule has 5 nitrogen and oxygen atoms in total. The molecule has 0 rings (SSSR count). The number of amides is 1. The van der Waals surface area contributed by atoms with E-state index in [1.165, 1.54) is 24.1 Å². The summed E-state index contributed by atoms with van der Waals surface area (Å²) in [6, 6.07) is 0. The van der Waals surface area contributed by atoms with Crippen LogP contribution < -0.4 is 0 Å². The fourth-order valence-electron chi connectivity index (χ4n) is 1.17. The zero-order chi connectivity index (χ0) is 16.3. The lowest BCUT2D eigenvalue weighted by molar-refractivity contribution is 0.134. The number of nitrogens with zero attached hydrogens (tertiary/aromatic N) is 2. The summed E-state index contributed by atoms with van der Waals surface area (Å²) in [6.07, 6.45) is 5.07. The summed E-state index contributed by atoms with van der Waals surface area (Å²) in [5, 5.41) is 8.53. The molecule has 0 radical (unpaired) electrons. The summed E-state index contributed by atoms with van der Waals surface area (Å²) in [5.41, 5.74) is 0. The molecule has 21 heavy (non-hydrogen) atoms. The Kier molecular flexibility index (Phi) is 9.87. The molecular weight excluding hydrogens is 293 g/mol. The molecule has 0 aromatic carbocycles. The molecule has 1 N–H and O–H groups in total. The molecule has 0 aliphatic carbocycles. The van der Waals surface area contributed by atoms with Crippen molar-refractivity contribution in [1.82, 2.24) is 4.90 Å². The first-order valence-electron chi connectivity index (χ1n) is 6.17. The highest BCUT2D eigenvalue weighted by molar-refractivity contribution is 8.17. The number of allylic oxidation sites excluding steroid dienone is 3. The minimum atomic E-state index is -0.539. The van der Waals surface area contributed by atoms with E-state index >= 15 is 0 Å². The van der Waals surface area contributed by atoms with E-state index in [2.05, 4.69) is 11.6 Å². The van der Waals surface area contributed by atoms with Crippen LogP contribution in [0.5, 0.6) is 0 Å². The van der Waals surface area contributed by atoms with Gasteiger partial charge in [-0.2, -0.15) is 0 Å². The van der Waals surface area contributed by atoms with Crippen LogP contribution >= 0.6 is 11.8 Å². The molecule has 0 aromatic heterocycles. The van der Waals surface area contributed by atoms with Gasteiger partial charge in [0.15, 0.2) is 0 Å². The number of carbonyl (C=O) groups is 1. The fraction of sp³-hybridized carbons (Fsp3) is 0.357. The number of thioether (sulfide) groups is 1. The van der Waals surface area contributed by atoms with Gasteiger partial charge >= 0.3 is 6.09 Å². The second-order valence-electron chi connectivity index (χ2n) is 3.76. The Bertz CT molecular complexity index is 473. The third-order valence-corrected chi connectivity index (χ3v) is 3.27. The van der Waals surface area contributed by atoms with Gasteiger partial charge in [-0.15, -0.1) is 0 Å². The van der Waals surface area contributed by atoms with Gasteiger partial charge in [-0.25, -0.2) is 9.18 Å². The quantitative estimate of drug-likeness (QED) is 0.442. The predicted octanol–water partition coefficient (Wildman–Crippen LogP) is 3.76. The van der Waals surface area contributed by atoms with Crippen LogP contribution in [0.15, 0.2) is 40.7 Å². The second-order valence-corrected chi connectivity index (χ2v) is 4.87. The maximum atomic E-state index is 13.1. The Labute approximate surface area is 128 Å². The molecule has 0 fully saturated rings. The molecule has 0 aliphatic rings. The highest BCUT2D eigenvalue weighted by Crippen LogP contribution is 2.22. The van der Waals surface area contributed by atoms with Crippen LogP contribution in [-0.2, 0) is 4.74 Å². The lowest BCUT2D eigenvalue weighted by atomic mass is 10.4. The van der Waals surface area contributed by atoms with Gasteiger partial charge in [0, 0.05) is 20.5 Å². The normalized spacial score (nSPS) is 12.4. The fourth-order valence-corrected chi connectivity index (χ4v) is 1.92. The average molecular weight is 313 g/mol. The van der Waals surface area contributed by atoms with Crippen molar-refractivity contribution in [2.24, 2.45) is 4.99 Å². The molecule has 0 spiro atoms. The number of aliphatic imine (C=N–C) groups is 1. The molecule has 0 aliphatic heterocycles. The minimum Gasteiger partial charge on any atom is -0.445 e. The van der Waals surface area contributed by atoms with E-state index in [0.717, 1.165) is 18.0 Å². The first-order valence-corrected chi connectivity index (χ1v) is 6.98. The monoisotopic (exact) mass is 313 g/mol. The molecule has 0 atom stereocenters. The third kappa shape index (κ3) is 8.09. The number of hydrogen-bond acceptors (Lipinski definition) is 5. The summed E-state index contributed by atoms with van der Waals surface area (Å²) in [5.74, 6) is -0.497. The first kappa shape index (κ1) is 19.1. The third-order valence-electron chi connectivity index (χ3n) is 2.14. The molecular formula is C14H20FN3O2S. The number of rotatable bonds is 7. The Morgan fingerprint density at radius 3 is 2.76 bits per heavy atom.